The van der Waals surface area contributed by atoms with Crippen LogP contribution in [0.25, 0.3) is 0 Å². The predicted octanol–water partition coefficient (Wildman–Crippen LogP) is 3.97. The molecule has 1 unspecified atom stereocenters. The van der Waals surface area contributed by atoms with E-state index in [0.29, 0.717) is 0 Å². The summed E-state index contributed by atoms with van der Waals surface area (Å²) >= 11 is 6.08. The Morgan fingerprint density at radius 1 is 1.05 bits per heavy atom. The normalized spacial score (nSPS) is 12.2. The molecule has 2 rings (SSSR count). The molecule has 0 bridgehead atoms. The molecule has 2 aromatic carbocycles. The third-order valence-corrected chi connectivity index (χ3v) is 3.68. The zero-order valence-electron chi connectivity index (χ0n) is 11.4. The zero-order chi connectivity index (χ0) is 13.8. The molecular weight excluding hydrogens is 258 g/mol. The van der Waals surface area contributed by atoms with Crippen LogP contribution in [-0.4, -0.2) is 14.2 Å². The van der Waals surface area contributed by atoms with E-state index in [9.17, 15) is 0 Å². The fourth-order valence-electron chi connectivity index (χ4n) is 2.17. The molecule has 3 heteroatoms. The number of halogens is 1. The highest BCUT2D eigenvalue weighted by molar-refractivity contribution is 6.31. The van der Waals surface area contributed by atoms with Crippen LogP contribution in [-0.2, 0) is 0 Å². The van der Waals surface area contributed by atoms with Gasteiger partial charge >= 0.3 is 0 Å². The summed E-state index contributed by atoms with van der Waals surface area (Å²) < 4.78 is 5.19. The molecule has 0 aromatic heterocycles. The first-order valence-electron chi connectivity index (χ1n) is 6.23. The van der Waals surface area contributed by atoms with Crippen LogP contribution in [0.3, 0.4) is 0 Å². The average molecular weight is 276 g/mol. The molecule has 0 spiro atoms. The van der Waals surface area contributed by atoms with Gasteiger partial charge in [0.05, 0.1) is 13.2 Å². The lowest BCUT2D eigenvalue weighted by Gasteiger charge is -2.18. The summed E-state index contributed by atoms with van der Waals surface area (Å²) in [5.74, 6) is 0.867. The maximum absolute atomic E-state index is 6.08. The van der Waals surface area contributed by atoms with Crippen molar-refractivity contribution >= 4 is 11.6 Å². The molecule has 0 fully saturated rings. The van der Waals surface area contributed by atoms with Gasteiger partial charge in [0.25, 0.3) is 0 Å². The van der Waals surface area contributed by atoms with Gasteiger partial charge in [-0.1, -0.05) is 35.9 Å². The van der Waals surface area contributed by atoms with Gasteiger partial charge in [0, 0.05) is 5.02 Å². The lowest BCUT2D eigenvalue weighted by Crippen LogP contribution is -2.17. The molecule has 0 saturated heterocycles. The second-order valence-electron chi connectivity index (χ2n) is 4.50. The molecule has 0 aliphatic carbocycles. The van der Waals surface area contributed by atoms with Gasteiger partial charge in [0.2, 0.25) is 0 Å². The van der Waals surface area contributed by atoms with Crippen molar-refractivity contribution in [2.75, 3.05) is 14.2 Å². The molecule has 1 N–H and O–H groups in total. The number of rotatable bonds is 4. The van der Waals surface area contributed by atoms with E-state index in [1.807, 2.05) is 32.2 Å². The molecule has 0 saturated carbocycles. The highest BCUT2D eigenvalue weighted by Gasteiger charge is 2.12. The second kappa shape index (κ2) is 6.09. The first-order valence-corrected chi connectivity index (χ1v) is 6.60. The molecule has 1 atom stereocenters. The first kappa shape index (κ1) is 13.9. The number of ether oxygens (including phenoxy) is 1. The van der Waals surface area contributed by atoms with Gasteiger partial charge in [-0.05, 0) is 48.9 Å². The molecule has 0 aliphatic heterocycles. The van der Waals surface area contributed by atoms with Crippen molar-refractivity contribution < 1.29 is 4.74 Å². The Kier molecular flexibility index (Phi) is 4.46. The molecule has 0 aliphatic rings. The standard InChI is InChI=1S/C16H18ClNO/c1-11-10-13(6-9-15(11)17)16(18-2)12-4-7-14(19-3)8-5-12/h4-10,16,18H,1-3H3. The lowest BCUT2D eigenvalue weighted by molar-refractivity contribution is 0.414. The number of hydrogen-bond donors (Lipinski definition) is 1. The van der Waals surface area contributed by atoms with Crippen LogP contribution >= 0.6 is 11.6 Å². The summed E-state index contributed by atoms with van der Waals surface area (Å²) in [7, 11) is 3.63. The van der Waals surface area contributed by atoms with Crippen LogP contribution in [0.2, 0.25) is 5.02 Å². The van der Waals surface area contributed by atoms with E-state index >= 15 is 0 Å². The van der Waals surface area contributed by atoms with Gasteiger partial charge in [-0.15, -0.1) is 0 Å². The quantitative estimate of drug-likeness (QED) is 0.912. The Morgan fingerprint density at radius 3 is 2.21 bits per heavy atom. The van der Waals surface area contributed by atoms with Gasteiger partial charge in [-0.25, -0.2) is 0 Å². The van der Waals surface area contributed by atoms with Crippen LogP contribution in [0.4, 0.5) is 0 Å². The van der Waals surface area contributed by atoms with Gasteiger partial charge in [0.15, 0.2) is 0 Å². The highest BCUT2D eigenvalue weighted by atomic mass is 35.5. The van der Waals surface area contributed by atoms with Crippen molar-refractivity contribution in [2.45, 2.75) is 13.0 Å². The summed E-state index contributed by atoms with van der Waals surface area (Å²) in [6.45, 7) is 2.02. The topological polar surface area (TPSA) is 21.3 Å². The lowest BCUT2D eigenvalue weighted by atomic mass is 9.97. The largest absolute Gasteiger partial charge is 0.497 e. The van der Waals surface area contributed by atoms with E-state index in [2.05, 4.69) is 29.6 Å². The summed E-state index contributed by atoms with van der Waals surface area (Å²) in [5.41, 5.74) is 3.49. The van der Waals surface area contributed by atoms with Gasteiger partial charge in [-0.2, -0.15) is 0 Å². The SMILES string of the molecule is CNC(c1ccc(OC)cc1)c1ccc(Cl)c(C)c1. The Bertz CT molecular complexity index is 551. The molecule has 0 amide bonds. The van der Waals surface area contributed by atoms with Crippen LogP contribution < -0.4 is 10.1 Å². The zero-order valence-corrected chi connectivity index (χ0v) is 12.2. The summed E-state index contributed by atoms with van der Waals surface area (Å²) in [4.78, 5) is 0. The summed E-state index contributed by atoms with van der Waals surface area (Å²) in [6.07, 6.45) is 0. The predicted molar refractivity (Wildman–Crippen MR) is 80.1 cm³/mol. The van der Waals surface area contributed by atoms with E-state index in [1.165, 1.54) is 11.1 Å². The minimum absolute atomic E-state index is 0.155. The number of aryl methyl sites for hydroxylation is 1. The van der Waals surface area contributed by atoms with Gasteiger partial charge in [-0.3, -0.25) is 0 Å². The Labute approximate surface area is 119 Å². The van der Waals surface area contributed by atoms with E-state index in [1.54, 1.807) is 7.11 Å². The van der Waals surface area contributed by atoms with Crippen LogP contribution in [0.1, 0.15) is 22.7 Å². The smallest absolute Gasteiger partial charge is 0.118 e. The van der Waals surface area contributed by atoms with Crippen LogP contribution in [0.5, 0.6) is 5.75 Å². The van der Waals surface area contributed by atoms with Crippen molar-refractivity contribution in [1.29, 1.82) is 0 Å². The minimum atomic E-state index is 0.155. The minimum Gasteiger partial charge on any atom is -0.497 e. The molecule has 0 heterocycles. The molecule has 2 aromatic rings. The maximum atomic E-state index is 6.08. The third kappa shape index (κ3) is 3.09. The van der Waals surface area contributed by atoms with E-state index < -0.39 is 0 Å². The maximum Gasteiger partial charge on any atom is 0.118 e. The highest BCUT2D eigenvalue weighted by Crippen LogP contribution is 2.26. The number of hydrogen-bond acceptors (Lipinski definition) is 2. The molecule has 2 nitrogen and oxygen atoms in total. The molecule has 19 heavy (non-hydrogen) atoms. The van der Waals surface area contributed by atoms with Crippen LogP contribution in [0.15, 0.2) is 42.5 Å². The summed E-state index contributed by atoms with van der Waals surface area (Å²) in [6, 6.07) is 14.4. The average Bonchev–Trinajstić information content (AvgIpc) is 2.44. The molecule has 0 radical (unpaired) electrons. The van der Waals surface area contributed by atoms with Crippen molar-refractivity contribution in [3.8, 4) is 5.75 Å². The third-order valence-electron chi connectivity index (χ3n) is 3.25. The Morgan fingerprint density at radius 2 is 1.68 bits per heavy atom. The fourth-order valence-corrected chi connectivity index (χ4v) is 2.29. The van der Waals surface area contributed by atoms with E-state index in [0.717, 1.165) is 16.3 Å². The first-order chi connectivity index (χ1) is 9.15. The fraction of sp³-hybridized carbons (Fsp3) is 0.250. The van der Waals surface area contributed by atoms with Crippen LogP contribution in [0, 0.1) is 6.92 Å². The number of nitrogens with one attached hydrogen (secondary N) is 1. The van der Waals surface area contributed by atoms with E-state index in [4.69, 9.17) is 16.3 Å². The molecule has 100 valence electrons. The summed E-state index contributed by atoms with van der Waals surface area (Å²) in [5, 5.41) is 4.13. The monoisotopic (exact) mass is 275 g/mol. The Hall–Kier alpha value is -1.51. The number of benzene rings is 2. The van der Waals surface area contributed by atoms with Crippen molar-refractivity contribution in [2.24, 2.45) is 0 Å². The van der Waals surface area contributed by atoms with Crippen molar-refractivity contribution in [3.05, 3.63) is 64.2 Å². The Balaban J connectivity index is 2.34. The van der Waals surface area contributed by atoms with Crippen molar-refractivity contribution in [3.63, 3.8) is 0 Å². The van der Waals surface area contributed by atoms with E-state index in [-0.39, 0.29) is 6.04 Å². The van der Waals surface area contributed by atoms with Gasteiger partial charge in [0.1, 0.15) is 5.75 Å². The number of methoxy groups -OCH3 is 1. The molecular formula is C16H18ClNO. The van der Waals surface area contributed by atoms with Gasteiger partial charge < -0.3 is 10.1 Å². The van der Waals surface area contributed by atoms with Crippen molar-refractivity contribution in [1.82, 2.24) is 5.32 Å². The second-order valence-corrected chi connectivity index (χ2v) is 4.91.